The second kappa shape index (κ2) is 5.38. The molecule has 2 aliphatic rings. The number of hydrogen-bond donors (Lipinski definition) is 1. The second-order valence-electron chi connectivity index (χ2n) is 6.16. The van der Waals surface area contributed by atoms with Gasteiger partial charge in [0.25, 0.3) is 0 Å². The average molecular weight is 238 g/mol. The third-order valence-corrected chi connectivity index (χ3v) is 4.42. The summed E-state index contributed by atoms with van der Waals surface area (Å²) in [4.78, 5) is 14.2. The van der Waals surface area contributed by atoms with E-state index in [-0.39, 0.29) is 11.9 Å². The smallest absolute Gasteiger partial charge is 0.224 e. The summed E-state index contributed by atoms with van der Waals surface area (Å²) in [7, 11) is 0. The molecular formula is C14H26N2O. The minimum Gasteiger partial charge on any atom is -0.342 e. The number of carbonyl (C=O) groups excluding carboxylic acids is 1. The molecule has 3 nitrogen and oxygen atoms in total. The summed E-state index contributed by atoms with van der Waals surface area (Å²) in [5, 5.41) is 0. The summed E-state index contributed by atoms with van der Waals surface area (Å²) in [6, 6.07) is -0.00766. The first kappa shape index (κ1) is 12.9. The highest BCUT2D eigenvalue weighted by molar-refractivity contribution is 5.76. The number of nitrogens with two attached hydrogens (primary N) is 1. The van der Waals surface area contributed by atoms with E-state index in [9.17, 15) is 4.79 Å². The number of carbonyl (C=O) groups is 1. The highest BCUT2D eigenvalue weighted by Crippen LogP contribution is 2.43. The Bertz CT molecular complexity index is 264. The molecule has 1 atom stereocenters. The fourth-order valence-corrected chi connectivity index (χ4v) is 3.54. The van der Waals surface area contributed by atoms with Crippen LogP contribution in [0.3, 0.4) is 0 Å². The SMILES string of the molecule is CC(N)CC(=O)N1CCCC2(CCCCC2)C1. The van der Waals surface area contributed by atoms with Crippen molar-refractivity contribution in [3.63, 3.8) is 0 Å². The van der Waals surface area contributed by atoms with Crippen LogP contribution in [0.1, 0.15) is 58.3 Å². The van der Waals surface area contributed by atoms with Crippen molar-refractivity contribution in [2.75, 3.05) is 13.1 Å². The maximum atomic E-state index is 12.1. The van der Waals surface area contributed by atoms with E-state index in [1.165, 1.54) is 44.9 Å². The van der Waals surface area contributed by atoms with Crippen molar-refractivity contribution in [3.8, 4) is 0 Å². The van der Waals surface area contributed by atoms with E-state index in [1.807, 2.05) is 6.92 Å². The number of rotatable bonds is 2. The van der Waals surface area contributed by atoms with Crippen molar-refractivity contribution < 1.29 is 4.79 Å². The zero-order valence-corrected chi connectivity index (χ0v) is 11.1. The maximum absolute atomic E-state index is 12.1. The Hall–Kier alpha value is -0.570. The lowest BCUT2D eigenvalue weighted by atomic mass is 9.69. The van der Waals surface area contributed by atoms with Crippen molar-refractivity contribution in [1.82, 2.24) is 4.90 Å². The van der Waals surface area contributed by atoms with Gasteiger partial charge in [0.05, 0.1) is 0 Å². The van der Waals surface area contributed by atoms with Crippen LogP contribution in [-0.2, 0) is 4.79 Å². The van der Waals surface area contributed by atoms with Gasteiger partial charge in [0, 0.05) is 25.6 Å². The Kier molecular flexibility index (Phi) is 4.08. The van der Waals surface area contributed by atoms with E-state index >= 15 is 0 Å². The summed E-state index contributed by atoms with van der Waals surface area (Å²) >= 11 is 0. The fraction of sp³-hybridized carbons (Fsp3) is 0.929. The molecule has 2 N–H and O–H groups in total. The molecule has 2 rings (SSSR count). The zero-order chi connectivity index (χ0) is 12.3. The topological polar surface area (TPSA) is 46.3 Å². The Morgan fingerprint density at radius 3 is 2.53 bits per heavy atom. The van der Waals surface area contributed by atoms with Crippen molar-refractivity contribution in [1.29, 1.82) is 0 Å². The van der Waals surface area contributed by atoms with E-state index in [2.05, 4.69) is 4.90 Å². The molecule has 0 aromatic carbocycles. The molecule has 1 saturated carbocycles. The van der Waals surface area contributed by atoms with Crippen LogP contribution < -0.4 is 5.73 Å². The lowest BCUT2D eigenvalue weighted by molar-refractivity contribution is -0.135. The largest absolute Gasteiger partial charge is 0.342 e. The van der Waals surface area contributed by atoms with Crippen LogP contribution in [0.2, 0.25) is 0 Å². The van der Waals surface area contributed by atoms with Gasteiger partial charge in [-0.3, -0.25) is 4.79 Å². The Morgan fingerprint density at radius 1 is 1.24 bits per heavy atom. The Morgan fingerprint density at radius 2 is 1.88 bits per heavy atom. The van der Waals surface area contributed by atoms with Crippen LogP contribution in [0, 0.1) is 5.41 Å². The Balaban J connectivity index is 1.94. The molecule has 1 aliphatic carbocycles. The molecule has 1 amide bonds. The fourth-order valence-electron chi connectivity index (χ4n) is 3.54. The monoisotopic (exact) mass is 238 g/mol. The van der Waals surface area contributed by atoms with Gasteiger partial charge < -0.3 is 10.6 Å². The molecule has 1 spiro atoms. The highest BCUT2D eigenvalue weighted by atomic mass is 16.2. The molecule has 1 heterocycles. The van der Waals surface area contributed by atoms with Crippen LogP contribution in [-0.4, -0.2) is 29.9 Å². The molecule has 17 heavy (non-hydrogen) atoms. The maximum Gasteiger partial charge on any atom is 0.224 e. The van der Waals surface area contributed by atoms with Gasteiger partial charge in [-0.1, -0.05) is 19.3 Å². The van der Waals surface area contributed by atoms with Gasteiger partial charge in [0.2, 0.25) is 5.91 Å². The predicted octanol–water partition coefficient (Wildman–Crippen LogP) is 2.30. The van der Waals surface area contributed by atoms with Gasteiger partial charge in [0.1, 0.15) is 0 Å². The zero-order valence-electron chi connectivity index (χ0n) is 11.1. The van der Waals surface area contributed by atoms with Gasteiger partial charge >= 0.3 is 0 Å². The summed E-state index contributed by atoms with van der Waals surface area (Å²) in [5.74, 6) is 0.268. The highest BCUT2D eigenvalue weighted by Gasteiger charge is 2.37. The number of likely N-dealkylation sites (tertiary alicyclic amines) is 1. The molecular weight excluding hydrogens is 212 g/mol. The van der Waals surface area contributed by atoms with Gasteiger partial charge in [-0.05, 0) is 38.0 Å². The van der Waals surface area contributed by atoms with Crippen molar-refractivity contribution >= 4 is 5.91 Å². The predicted molar refractivity (Wildman–Crippen MR) is 69.6 cm³/mol. The van der Waals surface area contributed by atoms with Crippen LogP contribution in [0.15, 0.2) is 0 Å². The number of hydrogen-bond acceptors (Lipinski definition) is 2. The third kappa shape index (κ3) is 3.21. The standard InChI is InChI=1S/C14H26N2O/c1-12(15)10-13(17)16-9-5-8-14(11-16)6-3-2-4-7-14/h12H,2-11,15H2,1H3. The van der Waals surface area contributed by atoms with E-state index in [4.69, 9.17) is 5.73 Å². The van der Waals surface area contributed by atoms with Gasteiger partial charge in [-0.25, -0.2) is 0 Å². The molecule has 2 fully saturated rings. The quantitative estimate of drug-likeness (QED) is 0.802. The minimum absolute atomic E-state index is 0.00766. The first-order chi connectivity index (χ1) is 8.11. The lowest BCUT2D eigenvalue weighted by Crippen LogP contribution is -2.47. The van der Waals surface area contributed by atoms with Crippen molar-refractivity contribution in [3.05, 3.63) is 0 Å². The summed E-state index contributed by atoms with van der Waals surface area (Å²) in [5.41, 5.74) is 6.18. The first-order valence-electron chi connectivity index (χ1n) is 7.15. The van der Waals surface area contributed by atoms with Gasteiger partial charge in [-0.15, -0.1) is 0 Å². The van der Waals surface area contributed by atoms with Crippen LogP contribution in [0.25, 0.3) is 0 Å². The molecule has 1 saturated heterocycles. The molecule has 3 heteroatoms. The van der Waals surface area contributed by atoms with Crippen LogP contribution in [0.4, 0.5) is 0 Å². The van der Waals surface area contributed by atoms with E-state index in [1.54, 1.807) is 0 Å². The second-order valence-corrected chi connectivity index (χ2v) is 6.16. The van der Waals surface area contributed by atoms with E-state index in [0.29, 0.717) is 11.8 Å². The minimum atomic E-state index is -0.00766. The molecule has 0 aromatic rings. The van der Waals surface area contributed by atoms with E-state index in [0.717, 1.165) is 13.1 Å². The Labute approximate surface area is 105 Å². The van der Waals surface area contributed by atoms with Crippen molar-refractivity contribution in [2.45, 2.75) is 64.3 Å². The lowest BCUT2D eigenvalue weighted by Gasteiger charge is -2.45. The van der Waals surface area contributed by atoms with Gasteiger partial charge in [-0.2, -0.15) is 0 Å². The van der Waals surface area contributed by atoms with Crippen molar-refractivity contribution in [2.24, 2.45) is 11.1 Å². The normalized spacial score (nSPS) is 25.9. The van der Waals surface area contributed by atoms with Crippen LogP contribution in [0.5, 0.6) is 0 Å². The van der Waals surface area contributed by atoms with Gasteiger partial charge in [0.15, 0.2) is 0 Å². The van der Waals surface area contributed by atoms with Crippen LogP contribution >= 0.6 is 0 Å². The summed E-state index contributed by atoms with van der Waals surface area (Å²) in [6.07, 6.45) is 9.78. The number of amides is 1. The average Bonchev–Trinajstić information content (AvgIpc) is 2.29. The number of piperidine rings is 1. The molecule has 0 aromatic heterocycles. The molecule has 0 radical (unpaired) electrons. The molecule has 98 valence electrons. The first-order valence-corrected chi connectivity index (χ1v) is 7.15. The van der Waals surface area contributed by atoms with E-state index < -0.39 is 0 Å². The third-order valence-electron chi connectivity index (χ3n) is 4.42. The number of nitrogens with zero attached hydrogens (tertiary/aromatic N) is 1. The molecule has 1 aliphatic heterocycles. The molecule has 1 unspecified atom stereocenters. The molecule has 0 bridgehead atoms. The summed E-state index contributed by atoms with van der Waals surface area (Å²) in [6.45, 7) is 3.87. The summed E-state index contributed by atoms with van der Waals surface area (Å²) < 4.78 is 0.